The third kappa shape index (κ3) is 6.26. The van der Waals surface area contributed by atoms with E-state index < -0.39 is 10.0 Å². The number of primary amides is 1. The first-order chi connectivity index (χ1) is 9.81. The van der Waals surface area contributed by atoms with Gasteiger partial charge < -0.3 is 11.5 Å². The molecule has 21 heavy (non-hydrogen) atoms. The molecule has 0 heterocycles. The number of rotatable bonds is 7. The lowest BCUT2D eigenvalue weighted by atomic mass is 10.2. The van der Waals surface area contributed by atoms with Crippen molar-refractivity contribution in [2.75, 3.05) is 6.54 Å². The fourth-order valence-corrected chi connectivity index (χ4v) is 2.51. The number of hydrogen-bond donors (Lipinski definition) is 3. The first-order valence-corrected chi connectivity index (χ1v) is 7.97. The summed E-state index contributed by atoms with van der Waals surface area (Å²) in [6.45, 7) is 2.20. The SMILES string of the molecule is Cc1ccc(S(=O)(=O)NC(N)=NCCCCC(N)=O)cc1. The molecule has 0 aliphatic heterocycles. The Balaban J connectivity index is 2.54. The van der Waals surface area contributed by atoms with Crippen LogP contribution in [0, 0.1) is 6.92 Å². The average molecular weight is 312 g/mol. The smallest absolute Gasteiger partial charge is 0.264 e. The van der Waals surface area contributed by atoms with E-state index in [0.717, 1.165) is 5.56 Å². The maximum atomic E-state index is 12.0. The summed E-state index contributed by atoms with van der Waals surface area (Å²) >= 11 is 0. The van der Waals surface area contributed by atoms with Crippen LogP contribution in [0.4, 0.5) is 0 Å². The Morgan fingerprint density at radius 1 is 1.19 bits per heavy atom. The molecule has 1 amide bonds. The van der Waals surface area contributed by atoms with Gasteiger partial charge in [-0.15, -0.1) is 0 Å². The number of sulfonamides is 1. The number of carbonyl (C=O) groups excluding carboxylic acids is 1. The Labute approximate surface area is 124 Å². The molecule has 0 unspecified atom stereocenters. The number of hydrogen-bond acceptors (Lipinski definition) is 4. The van der Waals surface area contributed by atoms with Crippen molar-refractivity contribution in [3.05, 3.63) is 29.8 Å². The topological polar surface area (TPSA) is 128 Å². The van der Waals surface area contributed by atoms with Crippen LogP contribution >= 0.6 is 0 Å². The molecule has 0 aromatic heterocycles. The van der Waals surface area contributed by atoms with Gasteiger partial charge in [0.1, 0.15) is 0 Å². The van der Waals surface area contributed by atoms with Gasteiger partial charge in [0.05, 0.1) is 4.90 Å². The van der Waals surface area contributed by atoms with Crippen LogP contribution in [-0.2, 0) is 14.8 Å². The minimum Gasteiger partial charge on any atom is -0.370 e. The van der Waals surface area contributed by atoms with Crippen LogP contribution in [0.2, 0.25) is 0 Å². The van der Waals surface area contributed by atoms with Crippen LogP contribution < -0.4 is 16.2 Å². The van der Waals surface area contributed by atoms with Crippen molar-refractivity contribution in [2.24, 2.45) is 16.5 Å². The highest BCUT2D eigenvalue weighted by Gasteiger charge is 2.14. The lowest BCUT2D eigenvalue weighted by Crippen LogP contribution is -2.36. The van der Waals surface area contributed by atoms with Gasteiger partial charge >= 0.3 is 0 Å². The zero-order valence-electron chi connectivity index (χ0n) is 11.9. The lowest BCUT2D eigenvalue weighted by Gasteiger charge is -2.07. The van der Waals surface area contributed by atoms with Gasteiger partial charge in [0.25, 0.3) is 10.0 Å². The summed E-state index contributed by atoms with van der Waals surface area (Å²) in [5, 5.41) is 0. The van der Waals surface area contributed by atoms with E-state index in [1.807, 2.05) is 6.92 Å². The van der Waals surface area contributed by atoms with Crippen molar-refractivity contribution in [1.29, 1.82) is 0 Å². The number of unbranched alkanes of at least 4 members (excludes halogenated alkanes) is 1. The van der Waals surface area contributed by atoms with Gasteiger partial charge in [0.2, 0.25) is 11.9 Å². The second kappa shape index (κ2) is 7.63. The molecule has 116 valence electrons. The zero-order valence-corrected chi connectivity index (χ0v) is 12.7. The van der Waals surface area contributed by atoms with E-state index in [1.165, 1.54) is 12.1 Å². The van der Waals surface area contributed by atoms with E-state index in [-0.39, 0.29) is 23.2 Å². The van der Waals surface area contributed by atoms with Crippen LogP contribution in [0.25, 0.3) is 0 Å². The average Bonchev–Trinajstić information content (AvgIpc) is 2.37. The van der Waals surface area contributed by atoms with Crippen molar-refractivity contribution in [3.63, 3.8) is 0 Å². The third-order valence-electron chi connectivity index (χ3n) is 2.68. The number of aryl methyl sites for hydroxylation is 1. The van der Waals surface area contributed by atoms with Gasteiger partial charge in [-0.05, 0) is 31.9 Å². The fourth-order valence-electron chi connectivity index (χ4n) is 1.56. The third-order valence-corrected chi connectivity index (χ3v) is 4.05. The Morgan fingerprint density at radius 3 is 2.38 bits per heavy atom. The monoisotopic (exact) mass is 312 g/mol. The molecular formula is C13H20N4O3S. The Hall–Kier alpha value is -2.09. The van der Waals surface area contributed by atoms with Crippen molar-refractivity contribution in [1.82, 2.24) is 4.72 Å². The molecule has 1 rings (SSSR count). The van der Waals surface area contributed by atoms with Gasteiger partial charge in [0, 0.05) is 13.0 Å². The Morgan fingerprint density at radius 2 is 1.81 bits per heavy atom. The van der Waals surface area contributed by atoms with Crippen molar-refractivity contribution in [3.8, 4) is 0 Å². The van der Waals surface area contributed by atoms with E-state index >= 15 is 0 Å². The molecule has 0 spiro atoms. The van der Waals surface area contributed by atoms with Crippen molar-refractivity contribution < 1.29 is 13.2 Å². The first kappa shape index (κ1) is 17.0. The molecule has 0 fully saturated rings. The molecule has 0 radical (unpaired) electrons. The summed E-state index contributed by atoms with van der Waals surface area (Å²) in [5.41, 5.74) is 11.5. The van der Waals surface area contributed by atoms with Gasteiger partial charge in [-0.1, -0.05) is 17.7 Å². The Bertz CT molecular complexity index is 609. The largest absolute Gasteiger partial charge is 0.370 e. The summed E-state index contributed by atoms with van der Waals surface area (Å²) in [7, 11) is -3.71. The fraction of sp³-hybridized carbons (Fsp3) is 0.385. The van der Waals surface area contributed by atoms with E-state index in [4.69, 9.17) is 11.5 Å². The predicted octanol–water partition coefficient (Wildman–Crippen LogP) is 0.244. The van der Waals surface area contributed by atoms with Gasteiger partial charge in [-0.25, -0.2) is 13.1 Å². The molecule has 7 nitrogen and oxygen atoms in total. The standard InChI is InChI=1S/C13H20N4O3S/c1-10-5-7-11(8-6-10)21(19,20)17-13(15)16-9-3-2-4-12(14)18/h5-8H,2-4,9H2,1H3,(H2,14,18)(H3,15,16,17). The van der Waals surface area contributed by atoms with Gasteiger partial charge in [-0.2, -0.15) is 0 Å². The van der Waals surface area contributed by atoms with E-state index in [1.54, 1.807) is 12.1 Å². The highest BCUT2D eigenvalue weighted by molar-refractivity contribution is 7.90. The normalized spacial score (nSPS) is 12.1. The predicted molar refractivity (Wildman–Crippen MR) is 81.0 cm³/mol. The number of amides is 1. The summed E-state index contributed by atoms with van der Waals surface area (Å²) in [6, 6.07) is 6.40. The molecule has 0 aliphatic rings. The number of nitrogens with zero attached hydrogens (tertiary/aromatic N) is 1. The summed E-state index contributed by atoms with van der Waals surface area (Å²) < 4.78 is 26.2. The lowest BCUT2D eigenvalue weighted by molar-refractivity contribution is -0.118. The highest BCUT2D eigenvalue weighted by Crippen LogP contribution is 2.09. The molecule has 8 heteroatoms. The number of nitrogens with two attached hydrogens (primary N) is 2. The van der Waals surface area contributed by atoms with E-state index in [2.05, 4.69) is 9.71 Å². The van der Waals surface area contributed by atoms with Crippen LogP contribution in [-0.4, -0.2) is 26.8 Å². The number of carbonyl (C=O) groups is 1. The van der Waals surface area contributed by atoms with Crippen molar-refractivity contribution >= 4 is 21.9 Å². The van der Waals surface area contributed by atoms with Crippen LogP contribution in [0.15, 0.2) is 34.2 Å². The molecule has 0 saturated carbocycles. The second-order valence-electron chi connectivity index (χ2n) is 4.61. The molecule has 1 aromatic rings. The van der Waals surface area contributed by atoms with Crippen LogP contribution in [0.3, 0.4) is 0 Å². The number of aliphatic imine (C=N–C) groups is 1. The number of guanidine groups is 1. The van der Waals surface area contributed by atoms with Gasteiger partial charge in [0.15, 0.2) is 0 Å². The molecule has 5 N–H and O–H groups in total. The van der Waals surface area contributed by atoms with Crippen LogP contribution in [0.5, 0.6) is 0 Å². The molecule has 0 bridgehead atoms. The second-order valence-corrected chi connectivity index (χ2v) is 6.29. The summed E-state index contributed by atoms with van der Waals surface area (Å²) in [6.07, 6.45) is 1.48. The number of benzene rings is 1. The van der Waals surface area contributed by atoms with Gasteiger partial charge in [-0.3, -0.25) is 9.79 Å². The minimum atomic E-state index is -3.71. The van der Waals surface area contributed by atoms with E-state index in [9.17, 15) is 13.2 Å². The zero-order chi connectivity index (χ0) is 15.9. The quantitative estimate of drug-likeness (QED) is 0.378. The highest BCUT2D eigenvalue weighted by atomic mass is 32.2. The first-order valence-electron chi connectivity index (χ1n) is 6.49. The molecule has 0 aliphatic carbocycles. The molecule has 1 aromatic carbocycles. The van der Waals surface area contributed by atoms with Crippen LogP contribution in [0.1, 0.15) is 24.8 Å². The van der Waals surface area contributed by atoms with E-state index in [0.29, 0.717) is 19.4 Å². The molecular weight excluding hydrogens is 292 g/mol. The number of nitrogens with one attached hydrogen (secondary N) is 1. The maximum Gasteiger partial charge on any atom is 0.264 e. The minimum absolute atomic E-state index is 0.125. The maximum absolute atomic E-state index is 12.0. The molecule has 0 saturated heterocycles. The summed E-state index contributed by atoms with van der Waals surface area (Å²) in [4.78, 5) is 14.6. The van der Waals surface area contributed by atoms with Crippen molar-refractivity contribution in [2.45, 2.75) is 31.1 Å². The summed E-state index contributed by atoms with van der Waals surface area (Å²) in [5.74, 6) is -0.540. The molecule has 0 atom stereocenters. The Kier molecular flexibility index (Phi) is 6.16.